The number of anilines is 1. The van der Waals surface area contributed by atoms with Crippen LogP contribution < -0.4 is 10.5 Å². The van der Waals surface area contributed by atoms with Gasteiger partial charge in [-0.3, -0.25) is 4.18 Å². The average Bonchev–Trinajstić information content (AvgIpc) is 3.43. The topological polar surface area (TPSA) is 142 Å². The standard InChI is InChI=1S/C20H23N5O5S/c21-31(27,28)29-10-17-16(26)9-18(30-17)25-8-7-14-19(22-11-23-20(14)25)24-15-6-5-12-3-1-2-4-13(12)15/h1-4,7-8,11,15-18,26H,5-6,9-10H2,(H2,21,27,28)(H,22,23,24)/t15-,16-,17+,18+/m0/s1. The molecule has 1 saturated heterocycles. The maximum absolute atomic E-state index is 11.0. The highest BCUT2D eigenvalue weighted by molar-refractivity contribution is 7.84. The normalized spacial score (nSPS) is 25.7. The Bertz CT molecular complexity index is 1210. The Labute approximate surface area is 179 Å². The number of nitrogens with one attached hydrogen (secondary N) is 1. The van der Waals surface area contributed by atoms with Gasteiger partial charge in [-0.1, -0.05) is 24.3 Å². The Morgan fingerprint density at radius 2 is 2.13 bits per heavy atom. The zero-order chi connectivity index (χ0) is 21.6. The van der Waals surface area contributed by atoms with Crippen molar-refractivity contribution in [3.63, 3.8) is 0 Å². The molecule has 4 atom stereocenters. The van der Waals surface area contributed by atoms with Gasteiger partial charge in [-0.05, 0) is 30.0 Å². The molecule has 0 radical (unpaired) electrons. The summed E-state index contributed by atoms with van der Waals surface area (Å²) in [7, 11) is -4.11. The number of nitrogens with zero attached hydrogens (tertiary/aromatic N) is 3. The molecule has 31 heavy (non-hydrogen) atoms. The molecular formula is C20H23N5O5S. The maximum atomic E-state index is 11.0. The Kier molecular flexibility index (Phi) is 5.15. The molecule has 11 heteroatoms. The molecule has 0 saturated carbocycles. The van der Waals surface area contributed by atoms with E-state index in [1.807, 2.05) is 22.9 Å². The third-order valence-electron chi connectivity index (χ3n) is 5.86. The number of aliphatic hydroxyl groups is 1. The van der Waals surface area contributed by atoms with Crippen LogP contribution in [0.15, 0.2) is 42.9 Å². The maximum Gasteiger partial charge on any atom is 0.333 e. The van der Waals surface area contributed by atoms with E-state index in [0.29, 0.717) is 5.65 Å². The first-order valence-corrected chi connectivity index (χ1v) is 11.5. The second kappa shape index (κ2) is 7.84. The Balaban J connectivity index is 1.37. The highest BCUT2D eigenvalue weighted by atomic mass is 32.2. The average molecular weight is 446 g/mol. The van der Waals surface area contributed by atoms with Crippen LogP contribution in [0.3, 0.4) is 0 Å². The van der Waals surface area contributed by atoms with Gasteiger partial charge in [-0.25, -0.2) is 15.1 Å². The zero-order valence-electron chi connectivity index (χ0n) is 16.6. The third kappa shape index (κ3) is 4.02. The predicted molar refractivity (Wildman–Crippen MR) is 112 cm³/mol. The van der Waals surface area contributed by atoms with E-state index in [1.165, 1.54) is 17.5 Å². The van der Waals surface area contributed by atoms with Crippen molar-refractivity contribution >= 4 is 27.2 Å². The molecular weight excluding hydrogens is 422 g/mol. The number of fused-ring (bicyclic) bond motifs is 2. The fourth-order valence-corrected chi connectivity index (χ4v) is 4.71. The number of ether oxygens (including phenoxy) is 1. The van der Waals surface area contributed by atoms with Crippen LogP contribution >= 0.6 is 0 Å². The molecule has 0 unspecified atom stereocenters. The highest BCUT2D eigenvalue weighted by Crippen LogP contribution is 2.36. The van der Waals surface area contributed by atoms with Crippen molar-refractivity contribution in [2.75, 3.05) is 11.9 Å². The van der Waals surface area contributed by atoms with Crippen molar-refractivity contribution in [3.05, 3.63) is 54.0 Å². The molecule has 1 aromatic carbocycles. The largest absolute Gasteiger partial charge is 0.390 e. The summed E-state index contributed by atoms with van der Waals surface area (Å²) in [5.41, 5.74) is 3.30. The zero-order valence-corrected chi connectivity index (χ0v) is 17.4. The second-order valence-corrected chi connectivity index (χ2v) is 9.05. The molecule has 4 N–H and O–H groups in total. The van der Waals surface area contributed by atoms with Crippen LogP contribution in [0.2, 0.25) is 0 Å². The Morgan fingerprint density at radius 1 is 1.29 bits per heavy atom. The van der Waals surface area contributed by atoms with Crippen molar-refractivity contribution in [1.29, 1.82) is 0 Å². The van der Waals surface area contributed by atoms with Crippen molar-refractivity contribution in [1.82, 2.24) is 14.5 Å². The molecule has 0 bridgehead atoms. The van der Waals surface area contributed by atoms with E-state index in [2.05, 4.69) is 37.7 Å². The van der Waals surface area contributed by atoms with E-state index in [9.17, 15) is 13.5 Å². The minimum atomic E-state index is -4.11. The van der Waals surface area contributed by atoms with Crippen LogP contribution in [0.1, 0.15) is 36.2 Å². The first-order chi connectivity index (χ1) is 14.9. The molecule has 1 fully saturated rings. The van der Waals surface area contributed by atoms with Gasteiger partial charge in [0.1, 0.15) is 30.1 Å². The molecule has 1 aliphatic carbocycles. The summed E-state index contributed by atoms with van der Waals surface area (Å²) in [6.45, 7) is -0.349. The molecule has 0 spiro atoms. The quantitative estimate of drug-likeness (QED) is 0.517. The number of hydrogen-bond acceptors (Lipinski definition) is 8. The SMILES string of the molecule is NS(=O)(=O)OC[C@H]1O[C@@H](n2ccc3c(N[C@H]4CCc5ccccc54)ncnc32)C[C@@H]1O. The number of benzene rings is 1. The minimum absolute atomic E-state index is 0.182. The van der Waals surface area contributed by atoms with Crippen LogP contribution in [0.25, 0.3) is 11.0 Å². The molecule has 0 amide bonds. The van der Waals surface area contributed by atoms with Crippen molar-refractivity contribution in [2.45, 2.75) is 43.7 Å². The van der Waals surface area contributed by atoms with Crippen LogP contribution in [-0.4, -0.2) is 46.9 Å². The van der Waals surface area contributed by atoms with Gasteiger partial charge in [0.2, 0.25) is 0 Å². The smallest absolute Gasteiger partial charge is 0.333 e. The van der Waals surface area contributed by atoms with Gasteiger partial charge >= 0.3 is 10.3 Å². The van der Waals surface area contributed by atoms with Crippen molar-refractivity contribution in [3.8, 4) is 0 Å². The molecule has 164 valence electrons. The summed E-state index contributed by atoms with van der Waals surface area (Å²) in [5, 5.41) is 19.5. The van der Waals surface area contributed by atoms with Gasteiger partial charge in [-0.15, -0.1) is 0 Å². The number of rotatable bonds is 6. The summed E-state index contributed by atoms with van der Waals surface area (Å²) in [5.74, 6) is 0.734. The first-order valence-electron chi connectivity index (χ1n) is 10.1. The summed E-state index contributed by atoms with van der Waals surface area (Å²) < 4.78 is 34.3. The molecule has 3 aromatic rings. The van der Waals surface area contributed by atoms with E-state index in [1.54, 1.807) is 0 Å². The number of aryl methyl sites for hydroxylation is 1. The molecule has 10 nitrogen and oxygen atoms in total. The second-order valence-electron chi connectivity index (χ2n) is 7.83. The van der Waals surface area contributed by atoms with Gasteiger partial charge in [0.25, 0.3) is 0 Å². The molecule has 3 heterocycles. The van der Waals surface area contributed by atoms with Gasteiger partial charge in [0, 0.05) is 12.6 Å². The van der Waals surface area contributed by atoms with E-state index in [0.717, 1.165) is 24.0 Å². The van der Waals surface area contributed by atoms with E-state index < -0.39 is 28.7 Å². The lowest BCUT2D eigenvalue weighted by molar-refractivity contribution is -0.0369. The fraction of sp³-hybridized carbons (Fsp3) is 0.400. The van der Waals surface area contributed by atoms with Crippen LogP contribution in [-0.2, 0) is 25.6 Å². The van der Waals surface area contributed by atoms with E-state index >= 15 is 0 Å². The molecule has 2 aliphatic rings. The third-order valence-corrected chi connectivity index (χ3v) is 6.33. The highest BCUT2D eigenvalue weighted by Gasteiger charge is 2.36. The lowest BCUT2D eigenvalue weighted by Crippen LogP contribution is -2.30. The first kappa shape index (κ1) is 20.3. The van der Waals surface area contributed by atoms with Crippen molar-refractivity contribution in [2.24, 2.45) is 5.14 Å². The van der Waals surface area contributed by atoms with Gasteiger partial charge in [0.05, 0.1) is 24.1 Å². The number of aromatic nitrogens is 3. The van der Waals surface area contributed by atoms with Crippen molar-refractivity contribution < 1.29 is 22.4 Å². The summed E-state index contributed by atoms with van der Waals surface area (Å²) in [6.07, 6.45) is 3.40. The lowest BCUT2D eigenvalue weighted by Gasteiger charge is -2.17. The Hall–Kier alpha value is -2.57. The summed E-state index contributed by atoms with van der Waals surface area (Å²) in [4.78, 5) is 8.85. The number of aliphatic hydroxyl groups excluding tert-OH is 1. The van der Waals surface area contributed by atoms with Gasteiger partial charge < -0.3 is 19.7 Å². The molecule has 5 rings (SSSR count). The number of nitrogens with two attached hydrogens (primary N) is 1. The van der Waals surface area contributed by atoms with E-state index in [-0.39, 0.29) is 19.1 Å². The van der Waals surface area contributed by atoms with E-state index in [4.69, 9.17) is 9.88 Å². The Morgan fingerprint density at radius 3 is 2.97 bits per heavy atom. The van der Waals surface area contributed by atoms with Crippen LogP contribution in [0.4, 0.5) is 5.82 Å². The van der Waals surface area contributed by atoms with Crippen LogP contribution in [0.5, 0.6) is 0 Å². The minimum Gasteiger partial charge on any atom is -0.390 e. The lowest BCUT2D eigenvalue weighted by atomic mass is 10.1. The van der Waals surface area contributed by atoms with Gasteiger partial charge in [0.15, 0.2) is 0 Å². The summed E-state index contributed by atoms with van der Waals surface area (Å²) in [6, 6.07) is 10.5. The molecule has 2 aromatic heterocycles. The van der Waals surface area contributed by atoms with Gasteiger partial charge in [-0.2, -0.15) is 8.42 Å². The summed E-state index contributed by atoms with van der Waals surface area (Å²) >= 11 is 0. The van der Waals surface area contributed by atoms with Crippen LogP contribution in [0, 0.1) is 0 Å². The fourth-order valence-electron chi connectivity index (χ4n) is 4.39. The number of hydrogen-bond donors (Lipinski definition) is 3. The molecule has 1 aliphatic heterocycles. The predicted octanol–water partition coefficient (Wildman–Crippen LogP) is 1.40. The monoisotopic (exact) mass is 445 g/mol.